The molecule has 3 rings (SSSR count). The van der Waals surface area contributed by atoms with Crippen LogP contribution in [0.3, 0.4) is 0 Å². The summed E-state index contributed by atoms with van der Waals surface area (Å²) >= 11 is 12.0. The Balaban J connectivity index is 1.65. The molecule has 2 aromatic heterocycles. The van der Waals surface area contributed by atoms with Crippen LogP contribution < -0.4 is 5.32 Å². The lowest BCUT2D eigenvalue weighted by Crippen LogP contribution is -2.25. The Morgan fingerprint density at radius 3 is 2.87 bits per heavy atom. The van der Waals surface area contributed by atoms with E-state index in [1.807, 2.05) is 0 Å². The molecule has 0 aliphatic rings. The van der Waals surface area contributed by atoms with Crippen LogP contribution in [0.2, 0.25) is 10.0 Å². The van der Waals surface area contributed by atoms with Crippen LogP contribution in [0.5, 0.6) is 0 Å². The monoisotopic (exact) mass is 351 g/mol. The third-order valence-corrected chi connectivity index (χ3v) is 3.76. The molecule has 4 nitrogen and oxygen atoms in total. The van der Waals surface area contributed by atoms with Crippen molar-refractivity contribution in [2.24, 2.45) is 0 Å². The Hall–Kier alpha value is -2.11. The molecule has 2 heterocycles. The molecular weight excluding hydrogens is 340 g/mol. The predicted molar refractivity (Wildman–Crippen MR) is 87.6 cm³/mol. The fourth-order valence-electron chi connectivity index (χ4n) is 2.23. The summed E-state index contributed by atoms with van der Waals surface area (Å²) in [6, 6.07) is 7.18. The molecule has 0 radical (unpaired) electrons. The fraction of sp³-hybridized carbons (Fsp3) is 0.125. The highest BCUT2D eigenvalue weighted by molar-refractivity contribution is 6.36. The van der Waals surface area contributed by atoms with Crippen LogP contribution in [0, 0.1) is 5.82 Å². The van der Waals surface area contributed by atoms with Gasteiger partial charge in [0.05, 0.1) is 15.7 Å². The van der Waals surface area contributed by atoms with Gasteiger partial charge in [-0.1, -0.05) is 29.3 Å². The molecule has 0 saturated heterocycles. The summed E-state index contributed by atoms with van der Waals surface area (Å²) in [5.74, 6) is -0.765. The number of imidazole rings is 1. The van der Waals surface area contributed by atoms with Gasteiger partial charge in [0, 0.05) is 30.9 Å². The number of hydrogen-bond acceptors (Lipinski definition) is 2. The van der Waals surface area contributed by atoms with Crippen molar-refractivity contribution in [1.29, 1.82) is 0 Å². The van der Waals surface area contributed by atoms with Gasteiger partial charge in [0.15, 0.2) is 5.65 Å². The second-order valence-electron chi connectivity index (χ2n) is 4.99. The van der Waals surface area contributed by atoms with Crippen LogP contribution in [-0.2, 0) is 6.42 Å². The number of nitrogens with zero attached hydrogens (tertiary/aromatic N) is 2. The number of carbonyl (C=O) groups is 1. The van der Waals surface area contributed by atoms with Crippen molar-refractivity contribution in [1.82, 2.24) is 14.7 Å². The van der Waals surface area contributed by atoms with E-state index in [-0.39, 0.29) is 11.5 Å². The Kier molecular flexibility index (Phi) is 4.50. The van der Waals surface area contributed by atoms with E-state index in [2.05, 4.69) is 10.3 Å². The molecule has 118 valence electrons. The first-order valence-corrected chi connectivity index (χ1v) is 7.65. The van der Waals surface area contributed by atoms with E-state index in [1.165, 1.54) is 18.2 Å². The van der Waals surface area contributed by atoms with Gasteiger partial charge in [-0.05, 0) is 24.3 Å². The van der Waals surface area contributed by atoms with Gasteiger partial charge in [0.25, 0.3) is 5.91 Å². The predicted octanol–water partition coefficient (Wildman–Crippen LogP) is 3.75. The zero-order valence-corrected chi connectivity index (χ0v) is 13.4. The summed E-state index contributed by atoms with van der Waals surface area (Å²) in [6.07, 6.45) is 4.04. The topological polar surface area (TPSA) is 46.4 Å². The molecule has 0 spiro atoms. The summed E-state index contributed by atoms with van der Waals surface area (Å²) in [6.45, 7) is 0.380. The number of fused-ring (bicyclic) bond motifs is 1. The first-order chi connectivity index (χ1) is 11.0. The highest BCUT2D eigenvalue weighted by atomic mass is 35.5. The largest absolute Gasteiger partial charge is 0.352 e. The lowest BCUT2D eigenvalue weighted by atomic mass is 10.2. The van der Waals surface area contributed by atoms with E-state index in [9.17, 15) is 9.18 Å². The minimum atomic E-state index is -0.440. The van der Waals surface area contributed by atoms with Gasteiger partial charge in [-0.25, -0.2) is 9.37 Å². The molecule has 23 heavy (non-hydrogen) atoms. The van der Waals surface area contributed by atoms with Crippen molar-refractivity contribution in [2.75, 3.05) is 6.54 Å². The summed E-state index contributed by atoms with van der Waals surface area (Å²) in [5, 5.41) is 3.72. The van der Waals surface area contributed by atoms with Gasteiger partial charge in [-0.3, -0.25) is 4.79 Å². The van der Waals surface area contributed by atoms with E-state index in [4.69, 9.17) is 23.2 Å². The Labute approximate surface area is 141 Å². The van der Waals surface area contributed by atoms with E-state index in [0.717, 1.165) is 5.69 Å². The molecule has 0 atom stereocenters. The lowest BCUT2D eigenvalue weighted by molar-refractivity contribution is 0.0953. The molecular formula is C16H12Cl2FN3O. The molecule has 3 aromatic rings. The highest BCUT2D eigenvalue weighted by Gasteiger charge is 2.09. The lowest BCUT2D eigenvalue weighted by Gasteiger charge is -2.03. The minimum absolute atomic E-state index is 0.287. The Morgan fingerprint density at radius 2 is 2.09 bits per heavy atom. The van der Waals surface area contributed by atoms with E-state index >= 15 is 0 Å². The maximum absolute atomic E-state index is 13.1. The van der Waals surface area contributed by atoms with Crippen LogP contribution in [0.1, 0.15) is 16.1 Å². The average molecular weight is 352 g/mol. The smallest absolute Gasteiger partial charge is 0.251 e. The average Bonchev–Trinajstić information content (AvgIpc) is 2.90. The van der Waals surface area contributed by atoms with Crippen molar-refractivity contribution in [3.8, 4) is 0 Å². The molecule has 0 fully saturated rings. The van der Waals surface area contributed by atoms with Crippen molar-refractivity contribution >= 4 is 34.8 Å². The van der Waals surface area contributed by atoms with Crippen molar-refractivity contribution in [3.63, 3.8) is 0 Å². The minimum Gasteiger partial charge on any atom is -0.352 e. The summed E-state index contributed by atoms with van der Waals surface area (Å²) < 4.78 is 14.8. The molecule has 1 aromatic carbocycles. The van der Waals surface area contributed by atoms with Crippen LogP contribution in [-0.4, -0.2) is 21.8 Å². The molecule has 0 unspecified atom stereocenters. The zero-order chi connectivity index (χ0) is 16.4. The third kappa shape index (κ3) is 3.63. The van der Waals surface area contributed by atoms with Gasteiger partial charge >= 0.3 is 0 Å². The number of carbonyl (C=O) groups excluding carboxylic acids is 1. The molecule has 0 bridgehead atoms. The number of hydrogen-bond donors (Lipinski definition) is 1. The Bertz CT molecular complexity index is 879. The number of aromatic nitrogens is 2. The standard InChI is InChI=1S/C16H12Cl2FN3O/c17-11-7-14(18)15-21-13(9-22(15)8-11)4-5-20-16(23)10-2-1-3-12(19)6-10/h1-3,6-9H,4-5H2,(H,20,23). The number of halogens is 3. The van der Waals surface area contributed by atoms with Crippen LogP contribution in [0.25, 0.3) is 5.65 Å². The molecule has 0 aliphatic carbocycles. The normalized spacial score (nSPS) is 10.9. The number of rotatable bonds is 4. The van der Waals surface area contributed by atoms with Gasteiger partial charge < -0.3 is 9.72 Å². The second kappa shape index (κ2) is 6.56. The zero-order valence-electron chi connectivity index (χ0n) is 11.9. The van der Waals surface area contributed by atoms with E-state index in [1.54, 1.807) is 28.9 Å². The van der Waals surface area contributed by atoms with Gasteiger partial charge in [-0.15, -0.1) is 0 Å². The van der Waals surface area contributed by atoms with Crippen molar-refractivity contribution < 1.29 is 9.18 Å². The fourth-order valence-corrected chi connectivity index (χ4v) is 2.76. The number of amides is 1. The SMILES string of the molecule is O=C(NCCc1cn2cc(Cl)cc(Cl)c2n1)c1cccc(F)c1. The molecule has 7 heteroatoms. The molecule has 1 amide bonds. The number of pyridine rings is 1. The Morgan fingerprint density at radius 1 is 1.26 bits per heavy atom. The van der Waals surface area contributed by atoms with Crippen molar-refractivity contribution in [3.05, 3.63) is 69.8 Å². The maximum Gasteiger partial charge on any atom is 0.251 e. The van der Waals surface area contributed by atoms with Crippen LogP contribution >= 0.6 is 23.2 Å². The van der Waals surface area contributed by atoms with Gasteiger partial charge in [0.1, 0.15) is 5.82 Å². The summed E-state index contributed by atoms with van der Waals surface area (Å²) in [5.41, 5.74) is 1.67. The van der Waals surface area contributed by atoms with Crippen LogP contribution in [0.4, 0.5) is 4.39 Å². The summed E-state index contributed by atoms with van der Waals surface area (Å²) in [4.78, 5) is 16.3. The molecule has 0 aliphatic heterocycles. The van der Waals surface area contributed by atoms with Crippen LogP contribution in [0.15, 0.2) is 42.7 Å². The number of nitrogens with one attached hydrogen (secondary N) is 1. The van der Waals surface area contributed by atoms with E-state index < -0.39 is 5.82 Å². The van der Waals surface area contributed by atoms with Gasteiger partial charge in [-0.2, -0.15) is 0 Å². The first kappa shape index (κ1) is 15.8. The highest BCUT2D eigenvalue weighted by Crippen LogP contribution is 2.21. The van der Waals surface area contributed by atoms with Gasteiger partial charge in [0.2, 0.25) is 0 Å². The number of benzene rings is 1. The maximum atomic E-state index is 13.1. The first-order valence-electron chi connectivity index (χ1n) is 6.89. The van der Waals surface area contributed by atoms with E-state index in [0.29, 0.717) is 28.7 Å². The second-order valence-corrected chi connectivity index (χ2v) is 5.83. The van der Waals surface area contributed by atoms with Crippen molar-refractivity contribution in [2.45, 2.75) is 6.42 Å². The molecule has 1 N–H and O–H groups in total. The quantitative estimate of drug-likeness (QED) is 0.777. The summed E-state index contributed by atoms with van der Waals surface area (Å²) in [7, 11) is 0. The third-order valence-electron chi connectivity index (χ3n) is 3.28. The molecule has 0 saturated carbocycles.